The highest BCUT2D eigenvalue weighted by Gasteiger charge is 2.13. The Kier molecular flexibility index (Phi) is 3.89. The van der Waals surface area contributed by atoms with Gasteiger partial charge in [-0.3, -0.25) is 0 Å². The summed E-state index contributed by atoms with van der Waals surface area (Å²) in [7, 11) is 0. The number of aliphatic hydroxyl groups is 1. The first-order valence-electron chi connectivity index (χ1n) is 5.96. The van der Waals surface area contributed by atoms with E-state index in [0.717, 1.165) is 29.5 Å². The molecule has 0 aliphatic carbocycles. The van der Waals surface area contributed by atoms with E-state index in [1.165, 1.54) is 11.3 Å². The van der Waals surface area contributed by atoms with Gasteiger partial charge in [0.05, 0.1) is 11.8 Å². The number of anilines is 1. The molecule has 1 aromatic rings. The monoisotopic (exact) mass is 295 g/mol. The van der Waals surface area contributed by atoms with Crippen LogP contribution in [0, 0.1) is 0 Å². The number of hydrogen-bond acceptors (Lipinski definition) is 2. The highest BCUT2D eigenvalue weighted by atomic mass is 79.9. The predicted molar refractivity (Wildman–Crippen MR) is 75.4 cm³/mol. The molecule has 0 bridgehead atoms. The number of aliphatic hydroxyl groups excluding tert-OH is 1. The molecule has 0 unspecified atom stereocenters. The highest BCUT2D eigenvalue weighted by Crippen LogP contribution is 2.30. The van der Waals surface area contributed by atoms with Gasteiger partial charge in [0, 0.05) is 17.6 Å². The summed E-state index contributed by atoms with van der Waals surface area (Å²) >= 11 is 3.59. The van der Waals surface area contributed by atoms with Crippen LogP contribution in [0.1, 0.15) is 31.9 Å². The van der Waals surface area contributed by atoms with Crippen LogP contribution in [-0.2, 0) is 0 Å². The Morgan fingerprint density at radius 2 is 2.18 bits per heavy atom. The Balaban J connectivity index is 2.22. The second kappa shape index (κ2) is 5.23. The van der Waals surface area contributed by atoms with Gasteiger partial charge in [-0.2, -0.15) is 0 Å². The molecule has 1 heterocycles. The fraction of sp³-hybridized carbons (Fsp3) is 0.429. The van der Waals surface area contributed by atoms with Crippen molar-refractivity contribution >= 4 is 21.6 Å². The highest BCUT2D eigenvalue weighted by molar-refractivity contribution is 9.10. The largest absolute Gasteiger partial charge is 0.389 e. The maximum Gasteiger partial charge on any atom is 0.0762 e. The van der Waals surface area contributed by atoms with E-state index in [4.69, 9.17) is 0 Å². The summed E-state index contributed by atoms with van der Waals surface area (Å²) in [6, 6.07) is 6.09. The molecule has 0 radical (unpaired) electrons. The minimum Gasteiger partial charge on any atom is -0.389 e. The molecule has 0 spiro atoms. The van der Waals surface area contributed by atoms with E-state index in [-0.39, 0.29) is 0 Å². The summed E-state index contributed by atoms with van der Waals surface area (Å²) < 4.78 is 1.06. The van der Waals surface area contributed by atoms with Gasteiger partial charge in [-0.1, -0.05) is 17.7 Å². The Labute approximate surface area is 111 Å². The zero-order valence-electron chi connectivity index (χ0n) is 10.3. The Morgan fingerprint density at radius 3 is 2.71 bits per heavy atom. The SMILES string of the molecule is CC1=CCN(c2ccc([C@H](C)O)cc2Br)CC1. The Bertz CT molecular complexity index is 440. The maximum atomic E-state index is 9.54. The van der Waals surface area contributed by atoms with Crippen LogP contribution in [0.5, 0.6) is 0 Å². The fourth-order valence-electron chi connectivity index (χ4n) is 2.03. The number of rotatable bonds is 2. The summed E-state index contributed by atoms with van der Waals surface area (Å²) in [6.45, 7) is 6.00. The summed E-state index contributed by atoms with van der Waals surface area (Å²) in [5.41, 5.74) is 3.63. The van der Waals surface area contributed by atoms with Crippen LogP contribution in [0.2, 0.25) is 0 Å². The molecule has 1 N–H and O–H groups in total. The number of halogens is 1. The number of nitrogens with zero attached hydrogens (tertiary/aromatic N) is 1. The van der Waals surface area contributed by atoms with Crippen molar-refractivity contribution in [3.63, 3.8) is 0 Å². The predicted octanol–water partition coefficient (Wildman–Crippen LogP) is 3.66. The van der Waals surface area contributed by atoms with Crippen molar-refractivity contribution in [2.24, 2.45) is 0 Å². The van der Waals surface area contributed by atoms with E-state index >= 15 is 0 Å². The average molecular weight is 296 g/mol. The summed E-state index contributed by atoms with van der Waals surface area (Å²) in [5.74, 6) is 0. The molecule has 3 heteroatoms. The van der Waals surface area contributed by atoms with Crippen LogP contribution in [0.4, 0.5) is 5.69 Å². The first-order chi connectivity index (χ1) is 8.08. The number of hydrogen-bond donors (Lipinski definition) is 1. The van der Waals surface area contributed by atoms with E-state index in [9.17, 15) is 5.11 Å². The first-order valence-corrected chi connectivity index (χ1v) is 6.75. The smallest absolute Gasteiger partial charge is 0.0762 e. The van der Waals surface area contributed by atoms with Gasteiger partial charge >= 0.3 is 0 Å². The molecule has 1 atom stereocenters. The van der Waals surface area contributed by atoms with Crippen LogP contribution in [0.15, 0.2) is 34.3 Å². The second-order valence-corrected chi connectivity index (χ2v) is 5.49. The van der Waals surface area contributed by atoms with E-state index in [1.807, 2.05) is 12.1 Å². The van der Waals surface area contributed by atoms with Crippen molar-refractivity contribution in [3.8, 4) is 0 Å². The number of benzene rings is 1. The van der Waals surface area contributed by atoms with Crippen molar-refractivity contribution < 1.29 is 5.11 Å². The summed E-state index contributed by atoms with van der Waals surface area (Å²) in [6.07, 6.45) is 2.99. The molecule has 1 aromatic carbocycles. The maximum absolute atomic E-state index is 9.54. The van der Waals surface area contributed by atoms with E-state index in [0.29, 0.717) is 0 Å². The fourth-order valence-corrected chi connectivity index (χ4v) is 2.68. The first kappa shape index (κ1) is 12.7. The van der Waals surface area contributed by atoms with Crippen molar-refractivity contribution in [1.82, 2.24) is 0 Å². The quantitative estimate of drug-likeness (QED) is 0.842. The molecule has 2 nitrogen and oxygen atoms in total. The van der Waals surface area contributed by atoms with Gasteiger partial charge in [0.15, 0.2) is 0 Å². The lowest BCUT2D eigenvalue weighted by molar-refractivity contribution is 0.199. The van der Waals surface area contributed by atoms with Crippen molar-refractivity contribution in [3.05, 3.63) is 39.9 Å². The van der Waals surface area contributed by atoms with E-state index < -0.39 is 6.10 Å². The standard InChI is InChI=1S/C14H18BrNO/c1-10-5-7-16(8-6-10)14-4-3-12(11(2)17)9-13(14)15/h3-5,9,11,17H,6-8H2,1-2H3/t11-/m0/s1. The lowest BCUT2D eigenvalue weighted by Crippen LogP contribution is -2.28. The lowest BCUT2D eigenvalue weighted by atomic mass is 10.1. The van der Waals surface area contributed by atoms with Crippen LogP contribution in [0.3, 0.4) is 0 Å². The van der Waals surface area contributed by atoms with E-state index in [2.05, 4.69) is 39.9 Å². The average Bonchev–Trinajstić information content (AvgIpc) is 2.30. The van der Waals surface area contributed by atoms with Crippen molar-refractivity contribution in [2.75, 3.05) is 18.0 Å². The van der Waals surface area contributed by atoms with Gasteiger partial charge in [-0.15, -0.1) is 0 Å². The van der Waals surface area contributed by atoms with Gasteiger partial charge in [-0.05, 0) is 53.9 Å². The van der Waals surface area contributed by atoms with Gasteiger partial charge in [0.2, 0.25) is 0 Å². The molecule has 1 aliphatic heterocycles. The van der Waals surface area contributed by atoms with Crippen molar-refractivity contribution in [1.29, 1.82) is 0 Å². The Hall–Kier alpha value is -0.800. The lowest BCUT2D eigenvalue weighted by Gasteiger charge is -2.28. The molecule has 0 saturated heterocycles. The molecule has 0 aromatic heterocycles. The second-order valence-electron chi connectivity index (χ2n) is 4.63. The summed E-state index contributed by atoms with van der Waals surface area (Å²) in [5, 5.41) is 9.54. The molecule has 1 aliphatic rings. The van der Waals surface area contributed by atoms with E-state index in [1.54, 1.807) is 6.92 Å². The molecular formula is C14H18BrNO. The third-order valence-electron chi connectivity index (χ3n) is 3.23. The molecule has 0 saturated carbocycles. The molecule has 92 valence electrons. The summed E-state index contributed by atoms with van der Waals surface area (Å²) in [4.78, 5) is 2.35. The van der Waals surface area contributed by atoms with Crippen LogP contribution < -0.4 is 4.90 Å². The van der Waals surface area contributed by atoms with Gasteiger partial charge in [0.25, 0.3) is 0 Å². The Morgan fingerprint density at radius 1 is 1.41 bits per heavy atom. The van der Waals surface area contributed by atoms with Gasteiger partial charge in [0.1, 0.15) is 0 Å². The zero-order valence-corrected chi connectivity index (χ0v) is 11.9. The minimum atomic E-state index is -0.413. The molecule has 0 amide bonds. The molecule has 2 rings (SSSR count). The molecule has 17 heavy (non-hydrogen) atoms. The minimum absolute atomic E-state index is 0.413. The third-order valence-corrected chi connectivity index (χ3v) is 3.87. The van der Waals surface area contributed by atoms with Gasteiger partial charge in [-0.25, -0.2) is 0 Å². The van der Waals surface area contributed by atoms with Crippen LogP contribution >= 0.6 is 15.9 Å². The topological polar surface area (TPSA) is 23.5 Å². The molecular weight excluding hydrogens is 278 g/mol. The van der Waals surface area contributed by atoms with Crippen LogP contribution in [-0.4, -0.2) is 18.2 Å². The normalized spacial score (nSPS) is 17.9. The van der Waals surface area contributed by atoms with Gasteiger partial charge < -0.3 is 10.0 Å². The molecule has 0 fully saturated rings. The third kappa shape index (κ3) is 2.90. The zero-order chi connectivity index (χ0) is 12.4. The van der Waals surface area contributed by atoms with Crippen molar-refractivity contribution in [2.45, 2.75) is 26.4 Å². The van der Waals surface area contributed by atoms with Crippen LogP contribution in [0.25, 0.3) is 0 Å².